The molecule has 1 saturated heterocycles. The molecule has 1 fully saturated rings. The number of hydrogen-bond acceptors (Lipinski definition) is 6. The van der Waals surface area contributed by atoms with E-state index in [1.165, 1.54) is 6.42 Å². The lowest BCUT2D eigenvalue weighted by molar-refractivity contribution is -0.153. The smallest absolute Gasteiger partial charge is 0.321 e. The zero-order chi connectivity index (χ0) is 18.5. The summed E-state index contributed by atoms with van der Waals surface area (Å²) in [6.45, 7) is 3.67. The van der Waals surface area contributed by atoms with Gasteiger partial charge in [0.15, 0.2) is 5.92 Å². The predicted molar refractivity (Wildman–Crippen MR) is 96.9 cm³/mol. The molecule has 2 aliphatic rings. The number of ether oxygens (including phenoxy) is 2. The molecule has 1 N–H and O–H groups in total. The van der Waals surface area contributed by atoms with Gasteiger partial charge in [-0.2, -0.15) is 0 Å². The summed E-state index contributed by atoms with van der Waals surface area (Å²) in [5.41, 5.74) is 0.785. The average Bonchev–Trinajstić information content (AvgIpc) is 2.68. The van der Waals surface area contributed by atoms with Crippen molar-refractivity contribution < 1.29 is 19.1 Å². The van der Waals surface area contributed by atoms with E-state index in [1.54, 1.807) is 26.2 Å². The summed E-state index contributed by atoms with van der Waals surface area (Å²) >= 11 is 0. The van der Waals surface area contributed by atoms with Crippen LogP contribution in [-0.2, 0) is 14.3 Å². The van der Waals surface area contributed by atoms with Gasteiger partial charge in [0.2, 0.25) is 11.9 Å². The quantitative estimate of drug-likeness (QED) is 0.656. The normalized spacial score (nSPS) is 23.1. The van der Waals surface area contributed by atoms with Crippen LogP contribution in [0.5, 0.6) is 5.75 Å². The van der Waals surface area contributed by atoms with E-state index in [4.69, 9.17) is 14.5 Å². The van der Waals surface area contributed by atoms with Crippen molar-refractivity contribution in [3.63, 3.8) is 0 Å². The van der Waals surface area contributed by atoms with Gasteiger partial charge in [0.05, 0.1) is 13.7 Å². The van der Waals surface area contributed by atoms with Crippen LogP contribution in [0.3, 0.4) is 0 Å². The fourth-order valence-corrected chi connectivity index (χ4v) is 3.37. The van der Waals surface area contributed by atoms with Crippen LogP contribution >= 0.6 is 0 Å². The largest absolute Gasteiger partial charge is 0.497 e. The number of benzene rings is 1. The molecule has 0 saturated carbocycles. The van der Waals surface area contributed by atoms with Gasteiger partial charge in [-0.25, -0.2) is 4.99 Å². The summed E-state index contributed by atoms with van der Waals surface area (Å²) in [5, 5.41) is 2.81. The second-order valence-corrected chi connectivity index (χ2v) is 6.44. The molecule has 0 unspecified atom stereocenters. The lowest BCUT2D eigenvalue weighted by Gasteiger charge is -2.35. The van der Waals surface area contributed by atoms with Crippen molar-refractivity contribution in [2.24, 2.45) is 10.9 Å². The van der Waals surface area contributed by atoms with Crippen LogP contribution < -0.4 is 10.1 Å². The highest BCUT2D eigenvalue weighted by Crippen LogP contribution is 2.32. The Balaban J connectivity index is 1.95. The number of nitrogens with zero attached hydrogens (tertiary/aromatic N) is 2. The number of likely N-dealkylation sites (tertiary alicyclic amines) is 1. The van der Waals surface area contributed by atoms with E-state index in [0.717, 1.165) is 31.5 Å². The number of amides is 1. The Hall–Kier alpha value is -2.57. The van der Waals surface area contributed by atoms with E-state index in [-0.39, 0.29) is 12.5 Å². The van der Waals surface area contributed by atoms with E-state index >= 15 is 0 Å². The maximum absolute atomic E-state index is 12.7. The number of carbonyl (C=O) groups excluding carboxylic acids is 2. The summed E-state index contributed by atoms with van der Waals surface area (Å²) in [4.78, 5) is 32.0. The molecule has 1 aromatic carbocycles. The van der Waals surface area contributed by atoms with Crippen LogP contribution in [0.2, 0.25) is 0 Å². The van der Waals surface area contributed by atoms with Gasteiger partial charge in [-0.3, -0.25) is 14.9 Å². The molecule has 26 heavy (non-hydrogen) atoms. The lowest BCUT2D eigenvalue weighted by atomic mass is 9.91. The summed E-state index contributed by atoms with van der Waals surface area (Å²) in [6.07, 6.45) is 3.33. The van der Waals surface area contributed by atoms with Gasteiger partial charge in [0, 0.05) is 13.1 Å². The van der Waals surface area contributed by atoms with Gasteiger partial charge in [0.25, 0.3) is 0 Å². The molecule has 1 amide bonds. The predicted octanol–water partition coefficient (Wildman–Crippen LogP) is 1.89. The molecule has 2 atom stereocenters. The first kappa shape index (κ1) is 18.2. The Morgan fingerprint density at radius 1 is 1.23 bits per heavy atom. The third kappa shape index (κ3) is 3.81. The maximum Gasteiger partial charge on any atom is 0.321 e. The number of hydrogen-bond donors (Lipinski definition) is 1. The zero-order valence-corrected chi connectivity index (χ0v) is 15.2. The number of aliphatic imine (C=N–C) groups is 1. The average molecular weight is 359 g/mol. The SMILES string of the molecule is CCOC(=O)[C@H]1C(=O)NC(N2CCCCC2)=N[C@@H]1c1ccc(OC)cc1. The number of rotatable bonds is 4. The first-order valence-corrected chi connectivity index (χ1v) is 9.08. The summed E-state index contributed by atoms with van der Waals surface area (Å²) in [7, 11) is 1.59. The van der Waals surface area contributed by atoms with E-state index in [2.05, 4.69) is 10.2 Å². The molecule has 0 radical (unpaired) electrons. The Labute approximate surface area is 153 Å². The second-order valence-electron chi connectivity index (χ2n) is 6.44. The fourth-order valence-electron chi connectivity index (χ4n) is 3.37. The third-order valence-electron chi connectivity index (χ3n) is 4.75. The van der Waals surface area contributed by atoms with Gasteiger partial charge in [0.1, 0.15) is 11.8 Å². The highest BCUT2D eigenvalue weighted by molar-refractivity contribution is 6.08. The third-order valence-corrected chi connectivity index (χ3v) is 4.75. The molecule has 7 nitrogen and oxygen atoms in total. The molecule has 0 bridgehead atoms. The molecule has 1 aromatic rings. The Morgan fingerprint density at radius 2 is 1.92 bits per heavy atom. The molecule has 0 aliphatic carbocycles. The number of carbonyl (C=O) groups is 2. The van der Waals surface area contributed by atoms with Crippen molar-refractivity contribution in [2.75, 3.05) is 26.8 Å². The zero-order valence-electron chi connectivity index (χ0n) is 15.2. The molecule has 140 valence electrons. The van der Waals surface area contributed by atoms with Gasteiger partial charge in [-0.1, -0.05) is 12.1 Å². The molecule has 2 aliphatic heterocycles. The van der Waals surface area contributed by atoms with Crippen LogP contribution in [0.25, 0.3) is 0 Å². The van der Waals surface area contributed by atoms with Gasteiger partial charge in [-0.15, -0.1) is 0 Å². The number of methoxy groups -OCH3 is 1. The van der Waals surface area contributed by atoms with Gasteiger partial charge < -0.3 is 14.4 Å². The number of piperidine rings is 1. The molecular formula is C19H25N3O4. The van der Waals surface area contributed by atoms with Crippen molar-refractivity contribution in [2.45, 2.75) is 32.2 Å². The van der Waals surface area contributed by atoms with Crippen LogP contribution in [0, 0.1) is 5.92 Å². The van der Waals surface area contributed by atoms with Gasteiger partial charge >= 0.3 is 5.97 Å². The van der Waals surface area contributed by atoms with Crippen molar-refractivity contribution in [1.29, 1.82) is 0 Å². The standard InChI is InChI=1S/C19H25N3O4/c1-3-26-18(24)15-16(13-7-9-14(25-2)10-8-13)20-19(21-17(15)23)22-11-5-4-6-12-22/h7-10,15-16H,3-6,11-12H2,1-2H3,(H,20,21,23)/t15-,16-/m1/s1. The Bertz CT molecular complexity index is 681. The Kier molecular flexibility index (Phi) is 5.75. The van der Waals surface area contributed by atoms with Crippen LogP contribution in [0.4, 0.5) is 0 Å². The van der Waals surface area contributed by atoms with Crippen molar-refractivity contribution in [3.8, 4) is 5.75 Å². The topological polar surface area (TPSA) is 80.2 Å². The van der Waals surface area contributed by atoms with Crippen molar-refractivity contribution >= 4 is 17.8 Å². The highest BCUT2D eigenvalue weighted by atomic mass is 16.5. The Morgan fingerprint density at radius 3 is 2.54 bits per heavy atom. The first-order chi connectivity index (χ1) is 12.6. The summed E-state index contributed by atoms with van der Waals surface area (Å²) in [6, 6.07) is 6.68. The minimum absolute atomic E-state index is 0.223. The molecule has 3 rings (SSSR count). The van der Waals surface area contributed by atoms with E-state index in [0.29, 0.717) is 11.7 Å². The van der Waals surface area contributed by atoms with E-state index in [9.17, 15) is 9.59 Å². The molecule has 0 aromatic heterocycles. The molecule has 7 heteroatoms. The van der Waals surface area contributed by atoms with Crippen molar-refractivity contribution in [3.05, 3.63) is 29.8 Å². The van der Waals surface area contributed by atoms with Crippen molar-refractivity contribution in [1.82, 2.24) is 10.2 Å². The maximum atomic E-state index is 12.7. The molecule has 2 heterocycles. The van der Waals surface area contributed by atoms with Gasteiger partial charge in [-0.05, 0) is 43.9 Å². The highest BCUT2D eigenvalue weighted by Gasteiger charge is 2.42. The van der Waals surface area contributed by atoms with Crippen LogP contribution in [0.15, 0.2) is 29.3 Å². The summed E-state index contributed by atoms with van der Waals surface area (Å²) < 4.78 is 10.3. The second kappa shape index (κ2) is 8.21. The minimum atomic E-state index is -0.989. The van der Waals surface area contributed by atoms with E-state index < -0.39 is 17.9 Å². The fraction of sp³-hybridized carbons (Fsp3) is 0.526. The molecule has 0 spiro atoms. The van der Waals surface area contributed by atoms with Crippen LogP contribution in [0.1, 0.15) is 37.8 Å². The number of guanidine groups is 1. The summed E-state index contributed by atoms with van der Waals surface area (Å²) in [5.74, 6) is -0.637. The van der Waals surface area contributed by atoms with E-state index in [1.807, 2.05) is 12.1 Å². The monoisotopic (exact) mass is 359 g/mol. The number of esters is 1. The lowest BCUT2D eigenvalue weighted by Crippen LogP contribution is -2.53. The molecular weight excluding hydrogens is 334 g/mol. The van der Waals surface area contributed by atoms with Crippen LogP contribution in [-0.4, -0.2) is 49.5 Å². The first-order valence-electron chi connectivity index (χ1n) is 9.08. The number of nitrogens with one attached hydrogen (secondary N) is 1. The minimum Gasteiger partial charge on any atom is -0.497 e.